The zero-order chi connectivity index (χ0) is 32.4. The highest BCUT2D eigenvalue weighted by atomic mass is 16.5. The Balaban J connectivity index is 1.17. The van der Waals surface area contributed by atoms with Crippen LogP contribution in [0.25, 0.3) is 22.2 Å². The van der Waals surface area contributed by atoms with Gasteiger partial charge in [-0.15, -0.1) is 0 Å². The number of aromatic hydroxyl groups is 1. The second-order valence-electron chi connectivity index (χ2n) is 12.9. The van der Waals surface area contributed by atoms with Crippen molar-refractivity contribution in [2.45, 2.75) is 64.5 Å². The third-order valence-electron chi connectivity index (χ3n) is 9.27. The smallest absolute Gasteiger partial charge is 0.224 e. The number of benzene rings is 4. The predicted molar refractivity (Wildman–Crippen MR) is 191 cm³/mol. The van der Waals surface area contributed by atoms with Gasteiger partial charge in [-0.25, -0.2) is 0 Å². The summed E-state index contributed by atoms with van der Waals surface area (Å²) in [5, 5.41) is 13.9. The van der Waals surface area contributed by atoms with Gasteiger partial charge in [0.2, 0.25) is 5.91 Å². The highest BCUT2D eigenvalue weighted by Crippen LogP contribution is 2.35. The number of phenolic OH excluding ortho intramolecular Hbond substituents is 1. The van der Waals surface area contributed by atoms with Crippen LogP contribution in [0.4, 0.5) is 0 Å². The number of fused-ring (bicyclic) bond motifs is 1. The van der Waals surface area contributed by atoms with Gasteiger partial charge in [0.05, 0.1) is 18.7 Å². The number of phenols is 1. The molecule has 1 fully saturated rings. The molecule has 1 aliphatic heterocycles. The zero-order valence-electron chi connectivity index (χ0n) is 27.5. The lowest BCUT2D eigenvalue weighted by Gasteiger charge is -2.26. The highest BCUT2D eigenvalue weighted by molar-refractivity contribution is 5.96. The van der Waals surface area contributed by atoms with E-state index in [4.69, 9.17) is 4.74 Å². The van der Waals surface area contributed by atoms with E-state index < -0.39 is 0 Å². The second-order valence-corrected chi connectivity index (χ2v) is 12.9. The van der Waals surface area contributed by atoms with Crippen molar-refractivity contribution >= 4 is 16.8 Å². The van der Waals surface area contributed by atoms with Crippen molar-refractivity contribution in [3.8, 4) is 22.8 Å². The van der Waals surface area contributed by atoms with Crippen molar-refractivity contribution in [3.05, 3.63) is 120 Å². The maximum Gasteiger partial charge on any atom is 0.224 e. The molecule has 0 radical (unpaired) electrons. The van der Waals surface area contributed by atoms with E-state index in [9.17, 15) is 9.90 Å². The number of aromatic nitrogens is 1. The SMILES string of the molecule is C[C@H](CCc1ccc(O)cc1)NC(=O)Cc1c(-c2ccccc2)n(Cc2ccc(OCCCN3CCCCC3)cc2)c2ccccc12. The molecule has 0 saturated carbocycles. The van der Waals surface area contributed by atoms with Crippen LogP contribution in [-0.2, 0) is 24.2 Å². The number of hydrogen-bond donors (Lipinski definition) is 2. The van der Waals surface area contributed by atoms with Gasteiger partial charge in [-0.3, -0.25) is 4.79 Å². The van der Waals surface area contributed by atoms with E-state index in [0.29, 0.717) is 13.0 Å². The molecule has 1 amide bonds. The summed E-state index contributed by atoms with van der Waals surface area (Å²) in [6, 6.07) is 34.6. The fraction of sp³-hybridized carbons (Fsp3) is 0.341. The standard InChI is InChI=1S/C41H47N3O3/c1-31(15-16-32-17-21-35(45)22-18-32)42-40(46)29-38-37-13-6-7-14-39(37)44(41(38)34-11-4-2-5-12-34)30-33-19-23-36(24-20-33)47-28-10-27-43-25-8-3-9-26-43/h2,4-7,11-14,17-24,31,45H,3,8-10,15-16,25-30H2,1H3,(H,42,46)/t31-/m1/s1. The van der Waals surface area contributed by atoms with Gasteiger partial charge < -0.3 is 24.6 Å². The molecule has 1 saturated heterocycles. The molecule has 6 rings (SSSR count). The van der Waals surface area contributed by atoms with Crippen LogP contribution in [0.15, 0.2) is 103 Å². The molecular formula is C41H47N3O3. The summed E-state index contributed by atoms with van der Waals surface area (Å²) in [6.45, 7) is 7.03. The quantitative estimate of drug-likeness (QED) is 0.122. The van der Waals surface area contributed by atoms with Gasteiger partial charge in [0, 0.05) is 30.0 Å². The molecule has 2 heterocycles. The topological polar surface area (TPSA) is 66.7 Å². The molecule has 4 aromatic carbocycles. The summed E-state index contributed by atoms with van der Waals surface area (Å²) in [5.74, 6) is 1.19. The molecule has 1 aliphatic rings. The number of rotatable bonds is 14. The van der Waals surface area contributed by atoms with E-state index in [2.05, 4.69) is 94.5 Å². The van der Waals surface area contributed by atoms with Gasteiger partial charge in [0.25, 0.3) is 0 Å². The van der Waals surface area contributed by atoms with Gasteiger partial charge in [-0.1, -0.05) is 79.2 Å². The van der Waals surface area contributed by atoms with Gasteiger partial charge >= 0.3 is 0 Å². The third-order valence-corrected chi connectivity index (χ3v) is 9.27. The van der Waals surface area contributed by atoms with Gasteiger partial charge in [-0.05, 0) is 105 Å². The molecule has 47 heavy (non-hydrogen) atoms. The maximum absolute atomic E-state index is 13.5. The lowest BCUT2D eigenvalue weighted by atomic mass is 10.0. The summed E-state index contributed by atoms with van der Waals surface area (Å²) in [6.07, 6.45) is 7.01. The summed E-state index contributed by atoms with van der Waals surface area (Å²) >= 11 is 0. The van der Waals surface area contributed by atoms with Crippen LogP contribution in [0.5, 0.6) is 11.5 Å². The average molecular weight is 630 g/mol. The number of carbonyl (C=O) groups excluding carboxylic acids is 1. The third kappa shape index (κ3) is 8.63. The van der Waals surface area contributed by atoms with Crippen LogP contribution in [0.3, 0.4) is 0 Å². The normalized spacial score (nSPS) is 14.2. The predicted octanol–water partition coefficient (Wildman–Crippen LogP) is 8.00. The molecule has 5 aromatic rings. The van der Waals surface area contributed by atoms with E-state index in [1.807, 2.05) is 18.2 Å². The van der Waals surface area contributed by atoms with Crippen LogP contribution in [0.2, 0.25) is 0 Å². The Labute approximate surface area is 279 Å². The minimum atomic E-state index is 0.0186. The summed E-state index contributed by atoms with van der Waals surface area (Å²) in [4.78, 5) is 16.1. The molecule has 0 bridgehead atoms. The Hall–Kier alpha value is -4.55. The number of piperidine rings is 1. The lowest BCUT2D eigenvalue weighted by molar-refractivity contribution is -0.121. The minimum absolute atomic E-state index is 0.0186. The molecule has 244 valence electrons. The number of amides is 1. The number of likely N-dealkylation sites (tertiary alicyclic amines) is 1. The monoisotopic (exact) mass is 629 g/mol. The minimum Gasteiger partial charge on any atom is -0.508 e. The number of aryl methyl sites for hydroxylation is 1. The fourth-order valence-electron chi connectivity index (χ4n) is 6.78. The van der Waals surface area contributed by atoms with Crippen LogP contribution in [0.1, 0.15) is 55.7 Å². The first-order valence-electron chi connectivity index (χ1n) is 17.2. The van der Waals surface area contributed by atoms with E-state index in [1.165, 1.54) is 37.9 Å². The summed E-state index contributed by atoms with van der Waals surface area (Å²) < 4.78 is 8.46. The van der Waals surface area contributed by atoms with Crippen molar-refractivity contribution in [3.63, 3.8) is 0 Å². The highest BCUT2D eigenvalue weighted by Gasteiger charge is 2.21. The van der Waals surface area contributed by atoms with Gasteiger partial charge in [0.1, 0.15) is 11.5 Å². The fourth-order valence-corrected chi connectivity index (χ4v) is 6.78. The van der Waals surface area contributed by atoms with E-state index in [0.717, 1.165) is 71.5 Å². The second kappa shape index (κ2) is 15.8. The Morgan fingerprint density at radius 1 is 0.851 bits per heavy atom. The number of para-hydroxylation sites is 1. The van der Waals surface area contributed by atoms with Crippen LogP contribution < -0.4 is 10.1 Å². The maximum atomic E-state index is 13.5. The van der Waals surface area contributed by atoms with Crippen LogP contribution in [0, 0.1) is 0 Å². The number of carbonyl (C=O) groups is 1. The van der Waals surface area contributed by atoms with Crippen molar-refractivity contribution < 1.29 is 14.6 Å². The van der Waals surface area contributed by atoms with E-state index in [1.54, 1.807) is 12.1 Å². The zero-order valence-corrected chi connectivity index (χ0v) is 27.5. The number of nitrogens with zero attached hydrogens (tertiary/aromatic N) is 2. The number of hydrogen-bond acceptors (Lipinski definition) is 4. The van der Waals surface area contributed by atoms with Gasteiger partial charge in [0.15, 0.2) is 0 Å². The van der Waals surface area contributed by atoms with Crippen molar-refractivity contribution in [1.29, 1.82) is 0 Å². The van der Waals surface area contributed by atoms with Crippen molar-refractivity contribution in [2.24, 2.45) is 0 Å². The van der Waals surface area contributed by atoms with Crippen molar-refractivity contribution in [2.75, 3.05) is 26.2 Å². The van der Waals surface area contributed by atoms with E-state index >= 15 is 0 Å². The first-order chi connectivity index (χ1) is 23.0. The molecule has 0 aliphatic carbocycles. The Morgan fingerprint density at radius 3 is 2.32 bits per heavy atom. The lowest BCUT2D eigenvalue weighted by Crippen LogP contribution is -2.34. The molecule has 0 unspecified atom stereocenters. The van der Waals surface area contributed by atoms with Crippen LogP contribution in [-0.4, -0.2) is 52.8 Å². The first kappa shape index (κ1) is 32.4. The Morgan fingerprint density at radius 2 is 1.55 bits per heavy atom. The first-order valence-corrected chi connectivity index (χ1v) is 17.2. The average Bonchev–Trinajstić information content (AvgIpc) is 3.40. The Kier molecular flexibility index (Phi) is 10.9. The largest absolute Gasteiger partial charge is 0.508 e. The van der Waals surface area contributed by atoms with E-state index in [-0.39, 0.29) is 17.7 Å². The number of nitrogens with one attached hydrogen (secondary N) is 1. The van der Waals surface area contributed by atoms with Gasteiger partial charge in [-0.2, -0.15) is 0 Å². The molecule has 2 N–H and O–H groups in total. The molecule has 1 atom stereocenters. The Bertz CT molecular complexity index is 1720. The number of ether oxygens (including phenoxy) is 1. The summed E-state index contributed by atoms with van der Waals surface area (Å²) in [7, 11) is 0. The van der Waals surface area contributed by atoms with Crippen LogP contribution >= 0.6 is 0 Å². The molecule has 1 aromatic heterocycles. The molecule has 6 heteroatoms. The van der Waals surface area contributed by atoms with Crippen molar-refractivity contribution in [1.82, 2.24) is 14.8 Å². The molecule has 0 spiro atoms. The molecular weight excluding hydrogens is 582 g/mol. The summed E-state index contributed by atoms with van der Waals surface area (Å²) in [5.41, 5.74) is 6.67. The molecule has 6 nitrogen and oxygen atoms in total.